The van der Waals surface area contributed by atoms with Gasteiger partial charge in [-0.2, -0.15) is 0 Å². The van der Waals surface area contributed by atoms with Gasteiger partial charge in [-0.3, -0.25) is 4.79 Å². The maximum Gasteiger partial charge on any atom is 0.241 e. The Morgan fingerprint density at radius 3 is 2.28 bits per heavy atom. The molecule has 7 nitrogen and oxygen atoms in total. The molecule has 8 heteroatoms. The number of amides is 1. The summed E-state index contributed by atoms with van der Waals surface area (Å²) >= 11 is 0. The minimum absolute atomic E-state index is 0.00757. The van der Waals surface area contributed by atoms with Crippen LogP contribution in [0.15, 0.2) is 47.4 Å². The molecule has 0 aliphatic carbocycles. The molecule has 2 aromatic carbocycles. The first-order valence-electron chi connectivity index (χ1n) is 9.56. The molecule has 0 saturated heterocycles. The van der Waals surface area contributed by atoms with Crippen molar-refractivity contribution in [3.63, 3.8) is 0 Å². The van der Waals surface area contributed by atoms with E-state index in [0.29, 0.717) is 30.4 Å². The van der Waals surface area contributed by atoms with E-state index in [0.717, 1.165) is 12.0 Å². The molecule has 0 aromatic heterocycles. The van der Waals surface area contributed by atoms with Crippen LogP contribution < -0.4 is 19.5 Å². The molecule has 156 valence electrons. The quantitative estimate of drug-likeness (QED) is 0.749. The number of hydrogen-bond donors (Lipinski definition) is 2. The summed E-state index contributed by atoms with van der Waals surface area (Å²) in [6, 6.07) is 11.2. The molecule has 2 N–H and O–H groups in total. The highest BCUT2D eigenvalue weighted by Crippen LogP contribution is 2.34. The van der Waals surface area contributed by atoms with Crippen molar-refractivity contribution < 1.29 is 22.7 Å². The van der Waals surface area contributed by atoms with Crippen molar-refractivity contribution >= 4 is 21.6 Å². The van der Waals surface area contributed by atoms with Crippen LogP contribution in [-0.2, 0) is 14.8 Å². The van der Waals surface area contributed by atoms with Gasteiger partial charge in [0.05, 0.1) is 18.1 Å². The molecule has 1 aliphatic rings. The van der Waals surface area contributed by atoms with Gasteiger partial charge in [-0.15, -0.1) is 0 Å². The Morgan fingerprint density at radius 2 is 1.66 bits per heavy atom. The Bertz CT molecular complexity index is 971. The fourth-order valence-corrected chi connectivity index (χ4v) is 4.49. The minimum Gasteiger partial charge on any atom is -0.490 e. The van der Waals surface area contributed by atoms with Crippen LogP contribution in [-0.4, -0.2) is 27.5 Å². The number of hydrogen-bond acceptors (Lipinski definition) is 5. The number of carbonyl (C=O) groups excluding carboxylic acids is 1. The van der Waals surface area contributed by atoms with E-state index in [9.17, 15) is 13.2 Å². The number of ether oxygens (including phenoxy) is 2. The lowest BCUT2D eigenvalue weighted by Crippen LogP contribution is -2.31. The molecule has 0 bridgehead atoms. The van der Waals surface area contributed by atoms with Crippen LogP contribution in [0.1, 0.15) is 38.8 Å². The Morgan fingerprint density at radius 1 is 1.00 bits per heavy atom. The Hall–Kier alpha value is -2.58. The van der Waals surface area contributed by atoms with E-state index in [4.69, 9.17) is 9.47 Å². The second-order valence-electron chi connectivity index (χ2n) is 7.31. The predicted octanol–water partition coefficient (Wildman–Crippen LogP) is 3.48. The Balaban J connectivity index is 1.84. The molecule has 1 amide bonds. The lowest BCUT2D eigenvalue weighted by molar-refractivity contribution is -0.114. The number of anilines is 1. The van der Waals surface area contributed by atoms with Crippen molar-refractivity contribution in [3.8, 4) is 11.5 Å². The summed E-state index contributed by atoms with van der Waals surface area (Å²) in [5.74, 6) is 1.09. The van der Waals surface area contributed by atoms with Crippen LogP contribution in [0, 0.1) is 5.92 Å². The van der Waals surface area contributed by atoms with E-state index in [1.165, 1.54) is 19.1 Å². The monoisotopic (exact) mass is 418 g/mol. The number of carbonyl (C=O) groups is 1. The number of nitrogens with one attached hydrogen (secondary N) is 2. The molecule has 1 aliphatic heterocycles. The minimum atomic E-state index is -3.76. The molecule has 0 saturated carbocycles. The first kappa shape index (κ1) is 21.1. The summed E-state index contributed by atoms with van der Waals surface area (Å²) in [6.45, 7) is 6.47. The van der Waals surface area contributed by atoms with E-state index in [-0.39, 0.29) is 16.7 Å². The van der Waals surface area contributed by atoms with Gasteiger partial charge in [0.15, 0.2) is 11.5 Å². The number of rotatable bonds is 6. The first-order valence-corrected chi connectivity index (χ1v) is 11.0. The van der Waals surface area contributed by atoms with Crippen molar-refractivity contribution in [2.45, 2.75) is 38.1 Å². The van der Waals surface area contributed by atoms with Gasteiger partial charge in [-0.05, 0) is 47.9 Å². The molecule has 0 unspecified atom stereocenters. The van der Waals surface area contributed by atoms with Crippen LogP contribution in [0.4, 0.5) is 5.69 Å². The second-order valence-corrected chi connectivity index (χ2v) is 9.02. The molecular weight excluding hydrogens is 392 g/mol. The number of benzene rings is 2. The summed E-state index contributed by atoms with van der Waals surface area (Å²) < 4.78 is 40.1. The van der Waals surface area contributed by atoms with E-state index in [1.807, 2.05) is 32.0 Å². The average Bonchev–Trinajstić information content (AvgIpc) is 2.90. The molecule has 29 heavy (non-hydrogen) atoms. The smallest absolute Gasteiger partial charge is 0.241 e. The van der Waals surface area contributed by atoms with Crippen molar-refractivity contribution in [1.29, 1.82) is 0 Å². The molecule has 0 radical (unpaired) electrons. The topological polar surface area (TPSA) is 93.7 Å². The maximum atomic E-state index is 12.9. The summed E-state index contributed by atoms with van der Waals surface area (Å²) in [6.07, 6.45) is 0.804. The molecule has 1 heterocycles. The third-order valence-electron chi connectivity index (χ3n) is 4.56. The predicted molar refractivity (Wildman–Crippen MR) is 111 cm³/mol. The van der Waals surface area contributed by atoms with E-state index < -0.39 is 16.1 Å². The summed E-state index contributed by atoms with van der Waals surface area (Å²) in [7, 11) is -3.76. The van der Waals surface area contributed by atoms with Crippen LogP contribution in [0.3, 0.4) is 0 Å². The third kappa shape index (κ3) is 5.27. The van der Waals surface area contributed by atoms with E-state index in [2.05, 4.69) is 10.0 Å². The number of fused-ring (bicyclic) bond motifs is 1. The molecule has 0 spiro atoms. The summed E-state index contributed by atoms with van der Waals surface area (Å²) in [5, 5.41) is 2.62. The lowest BCUT2D eigenvalue weighted by atomic mass is 9.97. The van der Waals surface area contributed by atoms with Crippen molar-refractivity contribution in [1.82, 2.24) is 4.72 Å². The van der Waals surface area contributed by atoms with Crippen molar-refractivity contribution in [3.05, 3.63) is 48.0 Å². The van der Waals surface area contributed by atoms with Gasteiger partial charge in [0.25, 0.3) is 0 Å². The largest absolute Gasteiger partial charge is 0.490 e. The molecular formula is C21H26N2O5S. The van der Waals surface area contributed by atoms with Gasteiger partial charge in [0.2, 0.25) is 15.9 Å². The molecule has 0 fully saturated rings. The Kier molecular flexibility index (Phi) is 6.44. The van der Waals surface area contributed by atoms with Crippen LogP contribution >= 0.6 is 0 Å². The summed E-state index contributed by atoms with van der Waals surface area (Å²) in [4.78, 5) is 11.3. The third-order valence-corrected chi connectivity index (χ3v) is 6.02. The van der Waals surface area contributed by atoms with Gasteiger partial charge in [-0.25, -0.2) is 13.1 Å². The van der Waals surface area contributed by atoms with Crippen molar-refractivity contribution in [2.24, 2.45) is 5.92 Å². The zero-order valence-electron chi connectivity index (χ0n) is 16.8. The SMILES string of the molecule is CC(=O)Nc1ccc(S(=O)(=O)N[C@H](c2ccc3c(c2)OCCCO3)C(C)C)cc1. The maximum absolute atomic E-state index is 12.9. The normalized spacial score (nSPS) is 14.9. The summed E-state index contributed by atoms with van der Waals surface area (Å²) in [5.41, 5.74) is 1.35. The van der Waals surface area contributed by atoms with Gasteiger partial charge < -0.3 is 14.8 Å². The van der Waals surface area contributed by atoms with Gasteiger partial charge >= 0.3 is 0 Å². The molecule has 3 rings (SSSR count). The van der Waals surface area contributed by atoms with Crippen LogP contribution in [0.5, 0.6) is 11.5 Å². The van der Waals surface area contributed by atoms with Gasteiger partial charge in [0, 0.05) is 25.1 Å². The first-order chi connectivity index (χ1) is 13.8. The average molecular weight is 419 g/mol. The van der Waals surface area contributed by atoms with Crippen LogP contribution in [0.25, 0.3) is 0 Å². The molecule has 2 aromatic rings. The molecule has 1 atom stereocenters. The highest BCUT2D eigenvalue weighted by atomic mass is 32.2. The number of sulfonamides is 1. The zero-order chi connectivity index (χ0) is 21.0. The standard InChI is InChI=1S/C21H26N2O5S/c1-14(2)21(16-5-10-19-20(13-16)28-12-4-11-27-19)23-29(25,26)18-8-6-17(7-9-18)22-15(3)24/h5-10,13-14,21,23H,4,11-12H2,1-3H3,(H,22,24)/t21-/m0/s1. The fourth-order valence-electron chi connectivity index (χ4n) is 3.12. The second kappa shape index (κ2) is 8.84. The van der Waals surface area contributed by atoms with Gasteiger partial charge in [-0.1, -0.05) is 19.9 Å². The lowest BCUT2D eigenvalue weighted by Gasteiger charge is -2.24. The highest BCUT2D eigenvalue weighted by molar-refractivity contribution is 7.89. The van der Waals surface area contributed by atoms with E-state index in [1.54, 1.807) is 12.1 Å². The van der Waals surface area contributed by atoms with E-state index >= 15 is 0 Å². The zero-order valence-corrected chi connectivity index (χ0v) is 17.6. The fraction of sp³-hybridized carbons (Fsp3) is 0.381. The van der Waals surface area contributed by atoms with Crippen LogP contribution in [0.2, 0.25) is 0 Å². The van der Waals surface area contributed by atoms with Crippen molar-refractivity contribution in [2.75, 3.05) is 18.5 Å². The highest BCUT2D eigenvalue weighted by Gasteiger charge is 2.25. The van der Waals surface area contributed by atoms with Gasteiger partial charge in [0.1, 0.15) is 0 Å². The Labute approximate surface area is 171 Å².